The smallest absolute Gasteiger partial charge is 0.0668 e. The van der Waals surface area contributed by atoms with Crippen molar-refractivity contribution < 1.29 is 0 Å². The molecule has 2 aromatic carbocycles. The van der Waals surface area contributed by atoms with Gasteiger partial charge in [-0.15, -0.1) is 0 Å². The molecule has 1 atom stereocenters. The first-order valence-corrected chi connectivity index (χ1v) is 7.33. The van der Waals surface area contributed by atoms with E-state index in [1.807, 2.05) is 0 Å². The molecule has 20 heavy (non-hydrogen) atoms. The van der Waals surface area contributed by atoms with Gasteiger partial charge in [-0.3, -0.25) is 9.89 Å². The molecule has 0 spiro atoms. The first-order chi connectivity index (χ1) is 9.90. The molecule has 2 aliphatic rings. The first kappa shape index (κ1) is 11.9. The number of rotatable bonds is 2. The Labute approximate surface area is 119 Å². The lowest BCUT2D eigenvalue weighted by Gasteiger charge is -2.31. The highest BCUT2D eigenvalue weighted by Gasteiger charge is 2.31. The van der Waals surface area contributed by atoms with E-state index in [9.17, 15) is 0 Å². The van der Waals surface area contributed by atoms with Crippen LogP contribution in [0.25, 0.3) is 0 Å². The van der Waals surface area contributed by atoms with Crippen LogP contribution in [-0.2, 0) is 6.54 Å². The second-order valence-corrected chi connectivity index (χ2v) is 5.70. The Morgan fingerprint density at radius 1 is 1.00 bits per heavy atom. The minimum Gasteiger partial charge on any atom is -0.294 e. The van der Waals surface area contributed by atoms with Gasteiger partial charge in [0.1, 0.15) is 0 Å². The molecule has 2 heterocycles. The zero-order valence-corrected chi connectivity index (χ0v) is 11.5. The van der Waals surface area contributed by atoms with Crippen molar-refractivity contribution in [2.45, 2.75) is 18.9 Å². The normalized spacial score (nSPS) is 21.2. The van der Waals surface area contributed by atoms with Crippen LogP contribution in [0.15, 0.2) is 59.6 Å². The van der Waals surface area contributed by atoms with E-state index in [0.717, 1.165) is 19.6 Å². The van der Waals surface area contributed by atoms with Gasteiger partial charge in [0.25, 0.3) is 0 Å². The molecule has 2 aromatic rings. The molecule has 0 amide bonds. The first-order valence-electron chi connectivity index (χ1n) is 7.33. The summed E-state index contributed by atoms with van der Waals surface area (Å²) in [5, 5.41) is 0. The van der Waals surface area contributed by atoms with Crippen molar-refractivity contribution in [3.8, 4) is 0 Å². The van der Waals surface area contributed by atoms with E-state index in [1.54, 1.807) is 0 Å². The minimum absolute atomic E-state index is 0.568. The monoisotopic (exact) mass is 262 g/mol. The molecule has 2 nitrogen and oxygen atoms in total. The standard InChI is InChI=1S/C18H18N2/c1-2-6-14(7-3-1)12-20-11-10-16-15-8-4-5-9-17(15)19-18(16)13-20/h1-9,16H,10-13H2. The van der Waals surface area contributed by atoms with Gasteiger partial charge in [-0.25, -0.2) is 0 Å². The van der Waals surface area contributed by atoms with E-state index in [2.05, 4.69) is 59.5 Å². The lowest BCUT2D eigenvalue weighted by atomic mass is 9.89. The van der Waals surface area contributed by atoms with Gasteiger partial charge in [0, 0.05) is 24.7 Å². The number of fused-ring (bicyclic) bond motifs is 3. The molecule has 0 aromatic heterocycles. The van der Waals surface area contributed by atoms with Crippen molar-refractivity contribution in [3.63, 3.8) is 0 Å². The summed E-state index contributed by atoms with van der Waals surface area (Å²) in [6.45, 7) is 3.20. The van der Waals surface area contributed by atoms with Gasteiger partial charge in [0.05, 0.1) is 5.69 Å². The molecule has 0 bridgehead atoms. The van der Waals surface area contributed by atoms with Crippen LogP contribution in [0, 0.1) is 0 Å². The third-order valence-corrected chi connectivity index (χ3v) is 4.35. The number of hydrogen-bond acceptors (Lipinski definition) is 2. The molecule has 0 saturated carbocycles. The van der Waals surface area contributed by atoms with Crippen molar-refractivity contribution in [1.29, 1.82) is 0 Å². The third-order valence-electron chi connectivity index (χ3n) is 4.35. The van der Waals surface area contributed by atoms with Gasteiger partial charge >= 0.3 is 0 Å². The maximum atomic E-state index is 4.84. The van der Waals surface area contributed by atoms with Crippen molar-refractivity contribution >= 4 is 11.4 Å². The molecule has 0 N–H and O–H groups in total. The number of aliphatic imine (C=N–C) groups is 1. The number of nitrogens with zero attached hydrogens (tertiary/aromatic N) is 2. The minimum atomic E-state index is 0.568. The molecule has 2 heteroatoms. The van der Waals surface area contributed by atoms with E-state index in [-0.39, 0.29) is 0 Å². The van der Waals surface area contributed by atoms with Crippen molar-refractivity contribution in [3.05, 3.63) is 65.7 Å². The average molecular weight is 262 g/mol. The van der Waals surface area contributed by atoms with Crippen molar-refractivity contribution in [2.24, 2.45) is 4.99 Å². The largest absolute Gasteiger partial charge is 0.294 e. The van der Waals surface area contributed by atoms with Crippen LogP contribution in [0.2, 0.25) is 0 Å². The Morgan fingerprint density at radius 2 is 1.80 bits per heavy atom. The highest BCUT2D eigenvalue weighted by Crippen LogP contribution is 2.39. The number of para-hydroxylation sites is 1. The molecule has 4 rings (SSSR count). The van der Waals surface area contributed by atoms with Crippen LogP contribution < -0.4 is 0 Å². The van der Waals surface area contributed by atoms with E-state index < -0.39 is 0 Å². The van der Waals surface area contributed by atoms with Gasteiger partial charge in [0.2, 0.25) is 0 Å². The summed E-state index contributed by atoms with van der Waals surface area (Å²) in [4.78, 5) is 7.35. The molecule has 1 unspecified atom stereocenters. The van der Waals surface area contributed by atoms with Crippen LogP contribution >= 0.6 is 0 Å². The Bertz CT molecular complexity index is 645. The predicted octanol–water partition coefficient (Wildman–Crippen LogP) is 3.76. The Balaban J connectivity index is 1.52. The summed E-state index contributed by atoms with van der Waals surface area (Å²) in [7, 11) is 0. The van der Waals surface area contributed by atoms with Crippen LogP contribution in [0.4, 0.5) is 5.69 Å². The number of piperidine rings is 1. The van der Waals surface area contributed by atoms with E-state index in [0.29, 0.717) is 5.92 Å². The lowest BCUT2D eigenvalue weighted by molar-refractivity contribution is 0.276. The quantitative estimate of drug-likeness (QED) is 0.804. The van der Waals surface area contributed by atoms with Crippen molar-refractivity contribution in [1.82, 2.24) is 4.90 Å². The molecule has 1 saturated heterocycles. The SMILES string of the molecule is c1ccc(CN2CCC3C(=Nc4ccccc43)C2)cc1. The highest BCUT2D eigenvalue weighted by atomic mass is 15.1. The van der Waals surface area contributed by atoms with Crippen LogP contribution in [0.1, 0.15) is 23.5 Å². The summed E-state index contributed by atoms with van der Waals surface area (Å²) in [6, 6.07) is 19.3. The molecule has 0 radical (unpaired) electrons. The maximum Gasteiger partial charge on any atom is 0.0668 e. The Hall–Kier alpha value is -1.93. The molecule has 100 valence electrons. The molecule has 1 fully saturated rings. The summed E-state index contributed by atoms with van der Waals surface area (Å²) in [5.74, 6) is 0.568. The zero-order valence-electron chi connectivity index (χ0n) is 11.5. The molecule has 2 aliphatic heterocycles. The fraction of sp³-hybridized carbons (Fsp3) is 0.278. The fourth-order valence-electron chi connectivity index (χ4n) is 3.36. The summed E-state index contributed by atoms with van der Waals surface area (Å²) >= 11 is 0. The van der Waals surface area contributed by atoms with Gasteiger partial charge in [-0.1, -0.05) is 48.5 Å². The molecular weight excluding hydrogens is 244 g/mol. The summed E-state index contributed by atoms with van der Waals surface area (Å²) in [6.07, 6.45) is 1.20. The van der Waals surface area contributed by atoms with Crippen LogP contribution in [-0.4, -0.2) is 23.7 Å². The average Bonchev–Trinajstić information content (AvgIpc) is 2.86. The molecular formula is C18H18N2. The van der Waals surface area contributed by atoms with Gasteiger partial charge in [0.15, 0.2) is 0 Å². The van der Waals surface area contributed by atoms with Crippen molar-refractivity contribution in [2.75, 3.05) is 13.1 Å². The second-order valence-electron chi connectivity index (χ2n) is 5.70. The zero-order chi connectivity index (χ0) is 13.4. The highest BCUT2D eigenvalue weighted by molar-refractivity contribution is 6.00. The lowest BCUT2D eigenvalue weighted by Crippen LogP contribution is -2.38. The number of likely N-dealkylation sites (tertiary alicyclic amines) is 1. The predicted molar refractivity (Wildman–Crippen MR) is 82.6 cm³/mol. The van der Waals surface area contributed by atoms with Crippen LogP contribution in [0.5, 0.6) is 0 Å². The summed E-state index contributed by atoms with van der Waals surface area (Å²) in [5.41, 5.74) is 5.37. The van der Waals surface area contributed by atoms with E-state index in [4.69, 9.17) is 4.99 Å². The van der Waals surface area contributed by atoms with Gasteiger partial charge in [-0.2, -0.15) is 0 Å². The van der Waals surface area contributed by atoms with Gasteiger partial charge < -0.3 is 0 Å². The second kappa shape index (κ2) is 4.88. The van der Waals surface area contributed by atoms with Gasteiger partial charge in [-0.05, 0) is 30.2 Å². The topological polar surface area (TPSA) is 15.6 Å². The maximum absolute atomic E-state index is 4.84. The third kappa shape index (κ3) is 2.06. The number of benzene rings is 2. The Kier molecular flexibility index (Phi) is 2.89. The fourth-order valence-corrected chi connectivity index (χ4v) is 3.36. The summed E-state index contributed by atoms with van der Waals surface area (Å²) < 4.78 is 0. The molecule has 0 aliphatic carbocycles. The Morgan fingerprint density at radius 3 is 2.70 bits per heavy atom. The van der Waals surface area contributed by atoms with E-state index >= 15 is 0 Å². The van der Waals surface area contributed by atoms with E-state index in [1.165, 1.54) is 28.9 Å². The number of hydrogen-bond donors (Lipinski definition) is 0. The van der Waals surface area contributed by atoms with Crippen LogP contribution in [0.3, 0.4) is 0 Å².